The van der Waals surface area contributed by atoms with E-state index in [1.54, 1.807) is 13.8 Å². The van der Waals surface area contributed by atoms with Crippen LogP contribution in [0, 0.1) is 20.2 Å². The molecule has 1 rings (SSSR count). The molecule has 9 heteroatoms. The molecule has 0 saturated carbocycles. The predicted octanol–water partition coefficient (Wildman–Crippen LogP) is 1.03. The molecule has 1 aliphatic rings. The van der Waals surface area contributed by atoms with Crippen molar-refractivity contribution in [1.29, 1.82) is 0 Å². The lowest BCUT2D eigenvalue weighted by atomic mass is 9.87. The van der Waals surface area contributed by atoms with Gasteiger partial charge in [0, 0.05) is 12.1 Å². The van der Waals surface area contributed by atoms with Gasteiger partial charge in [-0.2, -0.15) is 0 Å². The van der Waals surface area contributed by atoms with Gasteiger partial charge >= 0.3 is 5.66 Å². The first kappa shape index (κ1) is 14.8. The molecule has 102 valence electrons. The van der Waals surface area contributed by atoms with Crippen LogP contribution in [0.15, 0.2) is 0 Å². The SMILES string of the molecule is CC1CC([N+](=O)[O-])([N+](=O)[O-])CC(C)N1C(=O)CBr. The Morgan fingerprint density at radius 1 is 1.28 bits per heavy atom. The number of nitrogens with zero attached hydrogens (tertiary/aromatic N) is 3. The quantitative estimate of drug-likeness (QED) is 0.333. The summed E-state index contributed by atoms with van der Waals surface area (Å²) in [4.78, 5) is 33.5. The van der Waals surface area contributed by atoms with E-state index in [9.17, 15) is 25.0 Å². The standard InChI is InChI=1S/C9H14BrN3O5/c1-6-3-9(12(15)16,13(17)18)4-7(2)11(6)8(14)5-10/h6-7H,3-5H2,1-2H3. The maximum Gasteiger partial charge on any atom is 0.462 e. The monoisotopic (exact) mass is 323 g/mol. The fourth-order valence-electron chi connectivity index (χ4n) is 2.59. The van der Waals surface area contributed by atoms with Crippen molar-refractivity contribution in [2.24, 2.45) is 0 Å². The van der Waals surface area contributed by atoms with Crippen LogP contribution in [0.3, 0.4) is 0 Å². The van der Waals surface area contributed by atoms with Gasteiger partial charge in [-0.25, -0.2) is 0 Å². The Hall–Kier alpha value is -1.25. The molecule has 1 aliphatic heterocycles. The van der Waals surface area contributed by atoms with Gasteiger partial charge in [-0.15, -0.1) is 0 Å². The van der Waals surface area contributed by atoms with Crippen LogP contribution in [0.1, 0.15) is 26.7 Å². The number of likely N-dealkylation sites (tertiary alicyclic amines) is 1. The second-order valence-electron chi connectivity index (χ2n) is 4.54. The van der Waals surface area contributed by atoms with Gasteiger partial charge in [-0.3, -0.25) is 25.0 Å². The number of alkyl halides is 1. The summed E-state index contributed by atoms with van der Waals surface area (Å²) < 4.78 is 0. The van der Waals surface area contributed by atoms with Crippen molar-refractivity contribution < 1.29 is 14.6 Å². The highest BCUT2D eigenvalue weighted by Gasteiger charge is 2.62. The summed E-state index contributed by atoms with van der Waals surface area (Å²) in [6.45, 7) is 3.19. The molecule has 2 unspecified atom stereocenters. The third-order valence-corrected chi connectivity index (χ3v) is 3.76. The maximum absolute atomic E-state index is 11.7. The number of nitro groups is 2. The number of rotatable bonds is 3. The third-order valence-electron chi connectivity index (χ3n) is 3.28. The second kappa shape index (κ2) is 5.17. The first-order valence-electron chi connectivity index (χ1n) is 5.42. The molecule has 0 aromatic rings. The molecule has 1 amide bonds. The van der Waals surface area contributed by atoms with E-state index in [2.05, 4.69) is 15.9 Å². The van der Waals surface area contributed by atoms with Gasteiger partial charge in [0.05, 0.1) is 15.2 Å². The molecule has 2 atom stereocenters. The van der Waals surface area contributed by atoms with E-state index in [1.807, 2.05) is 0 Å². The topological polar surface area (TPSA) is 107 Å². The van der Waals surface area contributed by atoms with Crippen molar-refractivity contribution in [2.45, 2.75) is 44.4 Å². The lowest BCUT2D eigenvalue weighted by molar-refractivity contribution is -0.802. The molecule has 1 saturated heterocycles. The number of carbonyl (C=O) groups is 1. The maximum atomic E-state index is 11.7. The zero-order valence-electron chi connectivity index (χ0n) is 10.0. The summed E-state index contributed by atoms with van der Waals surface area (Å²) >= 11 is 3.03. The Bertz CT molecular complexity index is 360. The number of halogens is 1. The summed E-state index contributed by atoms with van der Waals surface area (Å²) in [7, 11) is 0. The number of piperidine rings is 1. The minimum absolute atomic E-state index is 0.103. The number of carbonyl (C=O) groups excluding carboxylic acids is 1. The Morgan fingerprint density at radius 2 is 1.67 bits per heavy atom. The van der Waals surface area contributed by atoms with Crippen molar-refractivity contribution in [3.63, 3.8) is 0 Å². The molecule has 8 nitrogen and oxygen atoms in total. The van der Waals surface area contributed by atoms with Crippen LogP contribution in [0.4, 0.5) is 0 Å². The molecule has 0 spiro atoms. The summed E-state index contributed by atoms with van der Waals surface area (Å²) in [5.41, 5.74) is -2.18. The van der Waals surface area contributed by atoms with E-state index in [1.165, 1.54) is 4.90 Å². The van der Waals surface area contributed by atoms with E-state index in [0.717, 1.165) is 0 Å². The Kier molecular flexibility index (Phi) is 4.25. The minimum Gasteiger partial charge on any atom is -0.335 e. The van der Waals surface area contributed by atoms with E-state index in [0.29, 0.717) is 0 Å². The predicted molar refractivity (Wildman–Crippen MR) is 65.5 cm³/mol. The van der Waals surface area contributed by atoms with Crippen LogP contribution in [0.5, 0.6) is 0 Å². The van der Waals surface area contributed by atoms with Gasteiger partial charge in [0.15, 0.2) is 0 Å². The van der Waals surface area contributed by atoms with Gasteiger partial charge in [0.2, 0.25) is 5.91 Å². The molecular weight excluding hydrogens is 310 g/mol. The molecule has 0 bridgehead atoms. The van der Waals surface area contributed by atoms with Gasteiger partial charge in [0.1, 0.15) is 12.8 Å². The lowest BCUT2D eigenvalue weighted by Crippen LogP contribution is -2.61. The molecule has 1 heterocycles. The summed E-state index contributed by atoms with van der Waals surface area (Å²) in [6, 6.07) is -1.07. The summed E-state index contributed by atoms with van der Waals surface area (Å²) in [5.74, 6) is -0.213. The van der Waals surface area contributed by atoms with Crippen LogP contribution in [-0.2, 0) is 4.79 Å². The highest BCUT2D eigenvalue weighted by molar-refractivity contribution is 9.09. The van der Waals surface area contributed by atoms with Crippen molar-refractivity contribution in [1.82, 2.24) is 4.90 Å². The van der Waals surface area contributed by atoms with E-state index in [4.69, 9.17) is 0 Å². The van der Waals surface area contributed by atoms with E-state index in [-0.39, 0.29) is 24.1 Å². The Morgan fingerprint density at radius 3 is 1.94 bits per heavy atom. The largest absolute Gasteiger partial charge is 0.462 e. The van der Waals surface area contributed by atoms with Gasteiger partial charge < -0.3 is 4.90 Å². The Balaban J connectivity index is 3.06. The average molecular weight is 324 g/mol. The van der Waals surface area contributed by atoms with Crippen molar-refractivity contribution in [3.8, 4) is 0 Å². The molecule has 1 fully saturated rings. The van der Waals surface area contributed by atoms with Crippen LogP contribution in [-0.4, -0.2) is 43.7 Å². The average Bonchev–Trinajstić information content (AvgIpc) is 2.26. The van der Waals surface area contributed by atoms with Crippen molar-refractivity contribution >= 4 is 21.8 Å². The van der Waals surface area contributed by atoms with Crippen LogP contribution < -0.4 is 0 Å². The van der Waals surface area contributed by atoms with Crippen molar-refractivity contribution in [3.05, 3.63) is 20.2 Å². The molecule has 0 aromatic heterocycles. The minimum atomic E-state index is -2.18. The Labute approximate surface area is 112 Å². The van der Waals surface area contributed by atoms with Crippen LogP contribution in [0.2, 0.25) is 0 Å². The first-order valence-corrected chi connectivity index (χ1v) is 6.54. The number of amides is 1. The fraction of sp³-hybridized carbons (Fsp3) is 0.889. The second-order valence-corrected chi connectivity index (χ2v) is 5.10. The third kappa shape index (κ3) is 2.31. The van der Waals surface area contributed by atoms with E-state index < -0.39 is 27.6 Å². The molecule has 0 aromatic carbocycles. The lowest BCUT2D eigenvalue weighted by Gasteiger charge is -2.40. The van der Waals surface area contributed by atoms with Gasteiger partial charge in [-0.05, 0) is 13.8 Å². The van der Waals surface area contributed by atoms with Crippen LogP contribution >= 0.6 is 15.9 Å². The highest BCUT2D eigenvalue weighted by atomic mass is 79.9. The molecule has 0 N–H and O–H groups in total. The van der Waals surface area contributed by atoms with Gasteiger partial charge in [0.25, 0.3) is 0 Å². The zero-order chi connectivity index (χ0) is 14.1. The first-order chi connectivity index (χ1) is 8.26. The molecule has 0 aliphatic carbocycles. The number of hydrogen-bond acceptors (Lipinski definition) is 5. The molecular formula is C9H14BrN3O5. The highest BCUT2D eigenvalue weighted by Crippen LogP contribution is 2.34. The fourth-order valence-corrected chi connectivity index (χ4v) is 2.88. The molecule has 18 heavy (non-hydrogen) atoms. The summed E-state index contributed by atoms with van der Waals surface area (Å²) in [6.07, 6.45) is -0.536. The number of hydrogen-bond donors (Lipinski definition) is 0. The smallest absolute Gasteiger partial charge is 0.335 e. The molecule has 0 radical (unpaired) electrons. The van der Waals surface area contributed by atoms with Crippen LogP contribution in [0.25, 0.3) is 0 Å². The van der Waals surface area contributed by atoms with Gasteiger partial charge in [-0.1, -0.05) is 15.9 Å². The van der Waals surface area contributed by atoms with E-state index >= 15 is 0 Å². The normalized spacial score (nSPS) is 26.7. The van der Waals surface area contributed by atoms with Crippen molar-refractivity contribution in [2.75, 3.05) is 5.33 Å². The summed E-state index contributed by atoms with van der Waals surface area (Å²) in [5, 5.41) is 22.1. The zero-order valence-corrected chi connectivity index (χ0v) is 11.6.